The zero-order valence-electron chi connectivity index (χ0n) is 8.40. The zero-order valence-corrected chi connectivity index (χ0v) is 8.40. The fraction of sp³-hybridized carbons (Fsp3) is 0. The molecule has 0 aliphatic carbocycles. The van der Waals surface area contributed by atoms with Crippen LogP contribution in [0, 0.1) is 0 Å². The van der Waals surface area contributed by atoms with Crippen LogP contribution < -0.4 is 0 Å². The van der Waals surface area contributed by atoms with E-state index in [1.54, 1.807) is 0 Å². The molecule has 0 atom stereocenters. The van der Waals surface area contributed by atoms with Gasteiger partial charge < -0.3 is 9.40 Å². The van der Waals surface area contributed by atoms with Crippen LogP contribution in [0.2, 0.25) is 0 Å². The molecule has 2 heterocycles. The molecule has 0 bridgehead atoms. The van der Waals surface area contributed by atoms with Crippen molar-refractivity contribution >= 4 is 32.8 Å². The molecule has 3 heteroatoms. The molecule has 4 rings (SSSR count). The van der Waals surface area contributed by atoms with Crippen molar-refractivity contribution in [1.82, 2.24) is 9.97 Å². The van der Waals surface area contributed by atoms with Crippen molar-refractivity contribution in [2.45, 2.75) is 0 Å². The maximum Gasteiger partial charge on any atom is 0.182 e. The van der Waals surface area contributed by atoms with Gasteiger partial charge in [-0.1, -0.05) is 24.3 Å². The van der Waals surface area contributed by atoms with E-state index < -0.39 is 0 Å². The van der Waals surface area contributed by atoms with Gasteiger partial charge in [-0.3, -0.25) is 0 Å². The van der Waals surface area contributed by atoms with Crippen molar-refractivity contribution in [2.24, 2.45) is 0 Å². The molecule has 76 valence electrons. The number of hydrogen-bond donors (Lipinski definition) is 1. The molecule has 0 amide bonds. The van der Waals surface area contributed by atoms with E-state index in [4.69, 9.17) is 4.42 Å². The third-order valence-electron chi connectivity index (χ3n) is 3.01. The predicted octanol–water partition coefficient (Wildman–Crippen LogP) is 3.46. The Morgan fingerprint density at radius 3 is 2.81 bits per heavy atom. The van der Waals surface area contributed by atoms with E-state index in [0.29, 0.717) is 0 Å². The Balaban J connectivity index is 2.51. The Labute approximate surface area is 90.7 Å². The van der Waals surface area contributed by atoms with Crippen molar-refractivity contribution in [3.8, 4) is 0 Å². The molecular weight excluding hydrogens is 200 g/mol. The summed E-state index contributed by atoms with van der Waals surface area (Å²) in [5, 5.41) is 3.50. The molecule has 0 radical (unpaired) electrons. The lowest BCUT2D eigenvalue weighted by Crippen LogP contribution is -1.78. The Morgan fingerprint density at radius 2 is 1.88 bits per heavy atom. The second-order valence-electron chi connectivity index (χ2n) is 3.84. The van der Waals surface area contributed by atoms with Crippen LogP contribution in [-0.4, -0.2) is 9.97 Å². The van der Waals surface area contributed by atoms with Gasteiger partial charge in [0.25, 0.3) is 0 Å². The maximum atomic E-state index is 5.48. The molecule has 0 aliphatic heterocycles. The van der Waals surface area contributed by atoms with E-state index >= 15 is 0 Å². The first-order valence-electron chi connectivity index (χ1n) is 5.16. The van der Waals surface area contributed by atoms with Crippen LogP contribution in [0.3, 0.4) is 0 Å². The molecule has 16 heavy (non-hydrogen) atoms. The number of nitrogens with zero attached hydrogens (tertiary/aromatic N) is 1. The Bertz CT molecular complexity index is 741. The summed E-state index contributed by atoms with van der Waals surface area (Å²) < 4.78 is 5.48. The Morgan fingerprint density at radius 1 is 1.00 bits per heavy atom. The second kappa shape index (κ2) is 2.64. The average Bonchev–Trinajstić information content (AvgIpc) is 2.98. The van der Waals surface area contributed by atoms with Crippen LogP contribution in [0.4, 0.5) is 0 Å². The van der Waals surface area contributed by atoms with Gasteiger partial charge in [0.05, 0.1) is 5.52 Å². The summed E-state index contributed by atoms with van der Waals surface area (Å²) in [4.78, 5) is 7.49. The van der Waals surface area contributed by atoms with Gasteiger partial charge in [-0.05, 0) is 11.5 Å². The van der Waals surface area contributed by atoms with E-state index in [9.17, 15) is 0 Å². The van der Waals surface area contributed by atoms with Crippen LogP contribution in [0.25, 0.3) is 32.8 Å². The molecule has 0 saturated carbocycles. The molecule has 2 aromatic heterocycles. The highest BCUT2D eigenvalue weighted by Crippen LogP contribution is 2.33. The molecule has 2 aromatic carbocycles. The van der Waals surface area contributed by atoms with Gasteiger partial charge in [0.2, 0.25) is 0 Å². The molecule has 3 nitrogen and oxygen atoms in total. The summed E-state index contributed by atoms with van der Waals surface area (Å²) in [6, 6.07) is 10.3. The van der Waals surface area contributed by atoms with Gasteiger partial charge in [-0.15, -0.1) is 0 Å². The van der Waals surface area contributed by atoms with Gasteiger partial charge in [-0.25, -0.2) is 4.98 Å². The summed E-state index contributed by atoms with van der Waals surface area (Å²) in [5.41, 5.74) is 2.80. The summed E-state index contributed by atoms with van der Waals surface area (Å²) in [7, 11) is 0. The van der Waals surface area contributed by atoms with E-state index in [2.05, 4.69) is 28.2 Å². The van der Waals surface area contributed by atoms with Gasteiger partial charge in [0.1, 0.15) is 5.52 Å². The first-order chi connectivity index (χ1) is 7.95. The number of aromatic amines is 1. The van der Waals surface area contributed by atoms with E-state index in [0.717, 1.165) is 22.0 Å². The number of oxazole rings is 1. The highest BCUT2D eigenvalue weighted by Gasteiger charge is 2.11. The van der Waals surface area contributed by atoms with E-state index in [1.165, 1.54) is 17.2 Å². The molecule has 0 unspecified atom stereocenters. The smallest absolute Gasteiger partial charge is 0.182 e. The van der Waals surface area contributed by atoms with Gasteiger partial charge in [0, 0.05) is 17.0 Å². The lowest BCUT2D eigenvalue weighted by atomic mass is 10.1. The first-order valence-corrected chi connectivity index (χ1v) is 5.16. The largest absolute Gasteiger partial charge is 0.443 e. The maximum absolute atomic E-state index is 5.48. The topological polar surface area (TPSA) is 41.8 Å². The minimum atomic E-state index is 0.852. The second-order valence-corrected chi connectivity index (χ2v) is 3.84. The molecule has 0 aliphatic rings. The summed E-state index contributed by atoms with van der Waals surface area (Å²) >= 11 is 0. The van der Waals surface area contributed by atoms with Crippen LogP contribution in [0.15, 0.2) is 47.3 Å². The third-order valence-corrected chi connectivity index (χ3v) is 3.01. The monoisotopic (exact) mass is 208 g/mol. The number of rotatable bonds is 0. The first kappa shape index (κ1) is 7.93. The number of H-pyrrole nitrogens is 1. The Kier molecular flexibility index (Phi) is 1.31. The minimum Gasteiger partial charge on any atom is -0.443 e. The molecule has 1 N–H and O–H groups in total. The minimum absolute atomic E-state index is 0.852. The highest BCUT2D eigenvalue weighted by atomic mass is 16.3. The third kappa shape index (κ3) is 0.810. The van der Waals surface area contributed by atoms with Crippen molar-refractivity contribution < 1.29 is 4.42 Å². The molecule has 4 aromatic rings. The number of nitrogens with one attached hydrogen (secondary N) is 1. The van der Waals surface area contributed by atoms with Gasteiger partial charge in [-0.2, -0.15) is 0 Å². The van der Waals surface area contributed by atoms with Crippen molar-refractivity contribution in [2.75, 3.05) is 0 Å². The predicted molar refractivity (Wildman–Crippen MR) is 63.4 cm³/mol. The number of fused-ring (bicyclic) bond motifs is 6. The van der Waals surface area contributed by atoms with Gasteiger partial charge >= 0.3 is 0 Å². The number of benzene rings is 2. The van der Waals surface area contributed by atoms with Crippen LogP contribution in [-0.2, 0) is 0 Å². The average molecular weight is 208 g/mol. The highest BCUT2D eigenvalue weighted by molar-refractivity contribution is 6.21. The normalized spacial score (nSPS) is 11.8. The van der Waals surface area contributed by atoms with Gasteiger partial charge in [0.15, 0.2) is 12.0 Å². The fourth-order valence-electron chi connectivity index (χ4n) is 2.32. The molecule has 0 fully saturated rings. The fourth-order valence-corrected chi connectivity index (χ4v) is 2.32. The standard InChI is InChI=1S/C13H8N2O/c1-2-4-10-8(3-1)9-5-6-14-11(9)12-13(10)16-7-15-12/h1-7,14H. The van der Waals surface area contributed by atoms with E-state index in [-0.39, 0.29) is 0 Å². The molecule has 0 saturated heterocycles. The number of hydrogen-bond acceptors (Lipinski definition) is 2. The summed E-state index contributed by atoms with van der Waals surface area (Å²) in [5.74, 6) is 0. The lowest BCUT2D eigenvalue weighted by molar-refractivity contribution is 0.605. The van der Waals surface area contributed by atoms with Crippen molar-refractivity contribution in [3.05, 3.63) is 42.9 Å². The SMILES string of the molecule is c1ccc2c(c1)c1cc[nH]c1c1ncoc21. The summed E-state index contributed by atoms with van der Waals surface area (Å²) in [6.45, 7) is 0. The Hall–Kier alpha value is -2.29. The van der Waals surface area contributed by atoms with Crippen molar-refractivity contribution in [3.63, 3.8) is 0 Å². The van der Waals surface area contributed by atoms with E-state index in [1.807, 2.05) is 18.3 Å². The molecular formula is C13H8N2O. The van der Waals surface area contributed by atoms with Crippen LogP contribution in [0.5, 0.6) is 0 Å². The quantitative estimate of drug-likeness (QED) is 0.480. The van der Waals surface area contributed by atoms with Crippen LogP contribution >= 0.6 is 0 Å². The number of aromatic nitrogens is 2. The summed E-state index contributed by atoms with van der Waals surface area (Å²) in [6.07, 6.45) is 3.43. The molecule has 0 spiro atoms. The van der Waals surface area contributed by atoms with Crippen LogP contribution in [0.1, 0.15) is 0 Å². The lowest BCUT2D eigenvalue weighted by Gasteiger charge is -2.00. The van der Waals surface area contributed by atoms with Crippen molar-refractivity contribution in [1.29, 1.82) is 0 Å². The zero-order chi connectivity index (χ0) is 10.5.